The van der Waals surface area contributed by atoms with Crippen molar-refractivity contribution in [1.29, 1.82) is 0 Å². The first kappa shape index (κ1) is 12.5. The van der Waals surface area contributed by atoms with Gasteiger partial charge in [0.25, 0.3) is 0 Å². The zero-order valence-electron chi connectivity index (χ0n) is 11.1. The van der Waals surface area contributed by atoms with E-state index in [9.17, 15) is 4.79 Å². The standard InChI is InChI=1S/C13H15N5O2/c1-9(19)16-12-3-2-11-13(17-12)18(4-5-20-11)7-10-6-14-8-15-10/h2-3,6,8H,4-5,7H2,1H3,(H,14,15)(H,16,17,19). The third-order valence-electron chi connectivity index (χ3n) is 2.98. The lowest BCUT2D eigenvalue weighted by Crippen LogP contribution is -2.33. The van der Waals surface area contributed by atoms with Gasteiger partial charge in [0, 0.05) is 13.1 Å². The normalized spacial score (nSPS) is 13.6. The van der Waals surface area contributed by atoms with Crippen LogP contribution in [0.15, 0.2) is 24.7 Å². The minimum absolute atomic E-state index is 0.144. The van der Waals surface area contributed by atoms with Crippen LogP contribution in [-0.4, -0.2) is 34.0 Å². The SMILES string of the molecule is CC(=O)Nc1ccc2c(n1)N(Cc1cnc[nH]1)CCO2. The number of aromatic amines is 1. The summed E-state index contributed by atoms with van der Waals surface area (Å²) in [5, 5.41) is 2.68. The van der Waals surface area contributed by atoms with Crippen molar-refractivity contribution in [1.82, 2.24) is 15.0 Å². The summed E-state index contributed by atoms with van der Waals surface area (Å²) in [5.74, 6) is 1.84. The van der Waals surface area contributed by atoms with E-state index < -0.39 is 0 Å². The molecule has 0 radical (unpaired) electrons. The van der Waals surface area contributed by atoms with Crippen molar-refractivity contribution in [3.63, 3.8) is 0 Å². The topological polar surface area (TPSA) is 83.1 Å². The Kier molecular flexibility index (Phi) is 3.24. The molecule has 7 nitrogen and oxygen atoms in total. The van der Waals surface area contributed by atoms with Gasteiger partial charge < -0.3 is 19.9 Å². The number of amides is 1. The van der Waals surface area contributed by atoms with Gasteiger partial charge in [0.15, 0.2) is 11.6 Å². The molecule has 0 aromatic carbocycles. The lowest BCUT2D eigenvalue weighted by molar-refractivity contribution is -0.114. The molecule has 0 saturated heterocycles. The van der Waals surface area contributed by atoms with E-state index in [2.05, 4.69) is 25.2 Å². The highest BCUT2D eigenvalue weighted by Gasteiger charge is 2.20. The van der Waals surface area contributed by atoms with Crippen molar-refractivity contribution in [3.8, 4) is 5.75 Å². The number of ether oxygens (including phenoxy) is 1. The van der Waals surface area contributed by atoms with Crippen LogP contribution in [-0.2, 0) is 11.3 Å². The van der Waals surface area contributed by atoms with Gasteiger partial charge >= 0.3 is 0 Å². The molecule has 2 aromatic rings. The first-order valence-electron chi connectivity index (χ1n) is 6.36. The molecule has 3 heterocycles. The molecule has 0 bridgehead atoms. The molecule has 104 valence electrons. The summed E-state index contributed by atoms with van der Waals surface area (Å²) in [5.41, 5.74) is 1.00. The van der Waals surface area contributed by atoms with Gasteiger partial charge in [-0.05, 0) is 12.1 Å². The Hall–Kier alpha value is -2.57. The number of carbonyl (C=O) groups is 1. The van der Waals surface area contributed by atoms with Crippen LogP contribution in [0.5, 0.6) is 5.75 Å². The third kappa shape index (κ3) is 2.56. The molecule has 1 aliphatic heterocycles. The van der Waals surface area contributed by atoms with Crippen molar-refractivity contribution < 1.29 is 9.53 Å². The van der Waals surface area contributed by atoms with Crippen LogP contribution in [0.1, 0.15) is 12.6 Å². The number of carbonyl (C=O) groups excluding carboxylic acids is 1. The van der Waals surface area contributed by atoms with Crippen molar-refractivity contribution >= 4 is 17.5 Å². The Bertz CT molecular complexity index is 611. The van der Waals surface area contributed by atoms with Gasteiger partial charge in [0.05, 0.1) is 25.1 Å². The average molecular weight is 273 g/mol. The summed E-state index contributed by atoms with van der Waals surface area (Å²) >= 11 is 0. The number of imidazole rings is 1. The maximum absolute atomic E-state index is 11.1. The number of fused-ring (bicyclic) bond motifs is 1. The number of pyridine rings is 1. The minimum Gasteiger partial charge on any atom is -0.488 e. The van der Waals surface area contributed by atoms with E-state index in [1.807, 2.05) is 6.07 Å². The van der Waals surface area contributed by atoms with Crippen molar-refractivity contribution in [2.75, 3.05) is 23.4 Å². The molecule has 0 atom stereocenters. The summed E-state index contributed by atoms with van der Waals surface area (Å²) in [7, 11) is 0. The highest BCUT2D eigenvalue weighted by atomic mass is 16.5. The molecule has 2 aromatic heterocycles. The average Bonchev–Trinajstić information content (AvgIpc) is 2.92. The molecular weight excluding hydrogens is 258 g/mol. The van der Waals surface area contributed by atoms with Crippen LogP contribution in [0.25, 0.3) is 0 Å². The van der Waals surface area contributed by atoms with Crippen molar-refractivity contribution in [2.24, 2.45) is 0 Å². The third-order valence-corrected chi connectivity index (χ3v) is 2.98. The molecular formula is C13H15N5O2. The van der Waals surface area contributed by atoms with Crippen molar-refractivity contribution in [3.05, 3.63) is 30.4 Å². The zero-order valence-corrected chi connectivity index (χ0v) is 11.1. The number of aromatic nitrogens is 3. The van der Waals surface area contributed by atoms with E-state index in [0.29, 0.717) is 19.0 Å². The van der Waals surface area contributed by atoms with Gasteiger partial charge in [0.1, 0.15) is 12.4 Å². The van der Waals surface area contributed by atoms with Crippen LogP contribution in [0.3, 0.4) is 0 Å². The lowest BCUT2D eigenvalue weighted by atomic mass is 10.3. The molecule has 7 heteroatoms. The fraction of sp³-hybridized carbons (Fsp3) is 0.308. The Morgan fingerprint density at radius 1 is 1.55 bits per heavy atom. The fourth-order valence-corrected chi connectivity index (χ4v) is 2.13. The van der Waals surface area contributed by atoms with Gasteiger partial charge in [-0.25, -0.2) is 9.97 Å². The molecule has 0 fully saturated rings. The molecule has 1 amide bonds. The quantitative estimate of drug-likeness (QED) is 0.877. The summed E-state index contributed by atoms with van der Waals surface area (Å²) < 4.78 is 5.59. The van der Waals surface area contributed by atoms with Crippen LogP contribution < -0.4 is 15.0 Å². The van der Waals surface area contributed by atoms with Crippen LogP contribution >= 0.6 is 0 Å². The number of nitrogens with zero attached hydrogens (tertiary/aromatic N) is 3. The number of nitrogens with one attached hydrogen (secondary N) is 2. The van der Waals surface area contributed by atoms with Gasteiger partial charge in [-0.1, -0.05) is 0 Å². The highest BCUT2D eigenvalue weighted by molar-refractivity contribution is 5.88. The van der Waals surface area contributed by atoms with Crippen molar-refractivity contribution in [2.45, 2.75) is 13.5 Å². The van der Waals surface area contributed by atoms with Crippen LogP contribution in [0.2, 0.25) is 0 Å². The second-order valence-electron chi connectivity index (χ2n) is 4.55. The van der Waals surface area contributed by atoms with E-state index in [1.54, 1.807) is 18.6 Å². The van der Waals surface area contributed by atoms with E-state index in [4.69, 9.17) is 4.74 Å². The predicted molar refractivity (Wildman–Crippen MR) is 73.7 cm³/mol. The highest BCUT2D eigenvalue weighted by Crippen LogP contribution is 2.31. The Labute approximate surface area is 116 Å². The van der Waals surface area contributed by atoms with Crippen LogP contribution in [0, 0.1) is 0 Å². The second kappa shape index (κ2) is 5.20. The number of anilines is 2. The molecule has 0 spiro atoms. The predicted octanol–water partition coefficient (Wildman–Crippen LogP) is 1.16. The first-order chi connectivity index (χ1) is 9.72. The molecule has 2 N–H and O–H groups in total. The smallest absolute Gasteiger partial charge is 0.222 e. The van der Waals surface area contributed by atoms with Gasteiger partial charge in [0.2, 0.25) is 5.91 Å². The summed E-state index contributed by atoms with van der Waals surface area (Å²) in [6.45, 7) is 3.48. The van der Waals surface area contributed by atoms with E-state index in [1.165, 1.54) is 6.92 Å². The fourth-order valence-electron chi connectivity index (χ4n) is 2.13. The Balaban J connectivity index is 1.87. The van der Waals surface area contributed by atoms with Gasteiger partial charge in [-0.2, -0.15) is 0 Å². The molecule has 0 unspecified atom stereocenters. The molecule has 1 aliphatic rings. The van der Waals surface area contributed by atoms with E-state index in [-0.39, 0.29) is 5.91 Å². The molecule has 20 heavy (non-hydrogen) atoms. The largest absolute Gasteiger partial charge is 0.488 e. The summed E-state index contributed by atoms with van der Waals surface area (Å²) in [6.07, 6.45) is 3.44. The van der Waals surface area contributed by atoms with Gasteiger partial charge in [-0.15, -0.1) is 0 Å². The molecule has 0 aliphatic carbocycles. The lowest BCUT2D eigenvalue weighted by Gasteiger charge is -2.29. The number of hydrogen-bond acceptors (Lipinski definition) is 5. The first-order valence-corrected chi connectivity index (χ1v) is 6.36. The molecule has 0 saturated carbocycles. The summed E-state index contributed by atoms with van der Waals surface area (Å²) in [4.78, 5) is 24.7. The van der Waals surface area contributed by atoms with E-state index >= 15 is 0 Å². The molecule has 3 rings (SSSR count). The Morgan fingerprint density at radius 2 is 2.45 bits per heavy atom. The zero-order chi connectivity index (χ0) is 13.9. The second-order valence-corrected chi connectivity index (χ2v) is 4.55. The van der Waals surface area contributed by atoms with Crippen LogP contribution in [0.4, 0.5) is 11.6 Å². The number of rotatable bonds is 3. The minimum atomic E-state index is -0.144. The monoisotopic (exact) mass is 273 g/mol. The maximum Gasteiger partial charge on any atom is 0.222 e. The Morgan fingerprint density at radius 3 is 3.20 bits per heavy atom. The summed E-state index contributed by atoms with van der Waals surface area (Å²) in [6, 6.07) is 3.56. The number of H-pyrrole nitrogens is 1. The van der Waals surface area contributed by atoms with Gasteiger partial charge in [-0.3, -0.25) is 4.79 Å². The van der Waals surface area contributed by atoms with E-state index in [0.717, 1.165) is 23.8 Å². The maximum atomic E-state index is 11.1. The number of hydrogen-bond donors (Lipinski definition) is 2.